The molecule has 1 aromatic heterocycles. The van der Waals surface area contributed by atoms with Crippen molar-refractivity contribution in [1.29, 1.82) is 0 Å². The third-order valence-electron chi connectivity index (χ3n) is 2.17. The second-order valence-electron chi connectivity index (χ2n) is 3.45. The first kappa shape index (κ1) is 12.4. The number of hydrogen-bond acceptors (Lipinski definition) is 4. The van der Waals surface area contributed by atoms with E-state index in [4.69, 9.17) is 21.4 Å². The fraction of sp³-hybridized carbons (Fsp3) is 0.182. The molecule has 1 heterocycles. The summed E-state index contributed by atoms with van der Waals surface area (Å²) in [4.78, 5) is 10.6. The van der Waals surface area contributed by atoms with Crippen LogP contribution in [-0.2, 0) is 6.54 Å². The molecule has 1 aromatic carbocycles. The van der Waals surface area contributed by atoms with Gasteiger partial charge in [-0.1, -0.05) is 28.9 Å². The minimum atomic E-state index is -1.10. The molecule has 0 saturated carbocycles. The molecule has 0 aliphatic rings. The Morgan fingerprint density at radius 1 is 1.44 bits per heavy atom. The van der Waals surface area contributed by atoms with E-state index in [1.165, 1.54) is 10.9 Å². The zero-order chi connectivity index (χ0) is 13.0. The Morgan fingerprint density at radius 2 is 2.22 bits per heavy atom. The lowest BCUT2D eigenvalue weighted by Gasteiger charge is -2.06. The average Bonchev–Trinajstić information content (AvgIpc) is 2.80. The molecule has 0 unspecified atom stereocenters. The lowest BCUT2D eigenvalue weighted by atomic mass is 10.3. The summed E-state index contributed by atoms with van der Waals surface area (Å²) in [6.07, 6.45) is 1.35. The predicted molar refractivity (Wildman–Crippen MR) is 63.9 cm³/mol. The first-order valence-electron chi connectivity index (χ1n) is 5.17. The number of aromatic carboxylic acids is 1. The zero-order valence-electron chi connectivity index (χ0n) is 9.28. The molecule has 0 saturated heterocycles. The summed E-state index contributed by atoms with van der Waals surface area (Å²) in [6.45, 7) is 0.720. The molecule has 0 spiro atoms. The van der Waals surface area contributed by atoms with Gasteiger partial charge in [-0.25, -0.2) is 9.48 Å². The summed E-state index contributed by atoms with van der Waals surface area (Å²) in [5.41, 5.74) is -0.0901. The Labute approximate surface area is 108 Å². The van der Waals surface area contributed by atoms with Crippen molar-refractivity contribution in [2.75, 3.05) is 6.61 Å². The molecular formula is C11H10ClN3O3. The van der Waals surface area contributed by atoms with Gasteiger partial charge < -0.3 is 9.84 Å². The summed E-state index contributed by atoms with van der Waals surface area (Å²) < 4.78 is 6.85. The molecule has 0 radical (unpaired) electrons. The Morgan fingerprint density at radius 3 is 2.89 bits per heavy atom. The van der Waals surface area contributed by atoms with Crippen molar-refractivity contribution < 1.29 is 14.6 Å². The van der Waals surface area contributed by atoms with Crippen LogP contribution in [0.15, 0.2) is 30.5 Å². The van der Waals surface area contributed by atoms with Gasteiger partial charge in [-0.3, -0.25) is 0 Å². The molecule has 94 valence electrons. The number of nitrogens with zero attached hydrogens (tertiary/aromatic N) is 3. The Balaban J connectivity index is 1.88. The van der Waals surface area contributed by atoms with Crippen LogP contribution in [0, 0.1) is 0 Å². The van der Waals surface area contributed by atoms with E-state index in [0.29, 0.717) is 23.9 Å². The zero-order valence-corrected chi connectivity index (χ0v) is 10.0. The number of halogens is 1. The summed E-state index contributed by atoms with van der Waals surface area (Å²) in [5.74, 6) is -0.522. The molecule has 6 nitrogen and oxygen atoms in total. The summed E-state index contributed by atoms with van der Waals surface area (Å²) in [5, 5.41) is 16.4. The van der Waals surface area contributed by atoms with Crippen molar-refractivity contribution in [3.8, 4) is 5.75 Å². The van der Waals surface area contributed by atoms with E-state index in [0.717, 1.165) is 0 Å². The van der Waals surface area contributed by atoms with Gasteiger partial charge in [0.1, 0.15) is 12.4 Å². The SMILES string of the molecule is O=C(O)c1cn(CCOc2ccccc2Cl)nn1. The highest BCUT2D eigenvalue weighted by Crippen LogP contribution is 2.22. The van der Waals surface area contributed by atoms with Crippen LogP contribution >= 0.6 is 11.6 Å². The van der Waals surface area contributed by atoms with Crippen molar-refractivity contribution in [1.82, 2.24) is 15.0 Å². The van der Waals surface area contributed by atoms with E-state index in [1.807, 2.05) is 12.1 Å². The van der Waals surface area contributed by atoms with Crippen molar-refractivity contribution in [2.24, 2.45) is 0 Å². The molecule has 2 aromatic rings. The van der Waals surface area contributed by atoms with Crippen molar-refractivity contribution in [3.05, 3.63) is 41.2 Å². The number of carbonyl (C=O) groups is 1. The second kappa shape index (κ2) is 5.50. The fourth-order valence-electron chi connectivity index (χ4n) is 1.32. The van der Waals surface area contributed by atoms with Crippen molar-refractivity contribution in [2.45, 2.75) is 6.54 Å². The van der Waals surface area contributed by atoms with Crippen LogP contribution in [0.5, 0.6) is 5.75 Å². The van der Waals surface area contributed by atoms with E-state index in [2.05, 4.69) is 10.3 Å². The Kier molecular flexibility index (Phi) is 3.78. The Hall–Kier alpha value is -2.08. The molecule has 2 rings (SSSR count). The number of hydrogen-bond donors (Lipinski definition) is 1. The van der Waals surface area contributed by atoms with Crippen LogP contribution < -0.4 is 4.74 Å². The lowest BCUT2D eigenvalue weighted by Crippen LogP contribution is -2.09. The van der Waals surface area contributed by atoms with Crippen LogP contribution in [-0.4, -0.2) is 32.7 Å². The summed E-state index contributed by atoms with van der Waals surface area (Å²) in [7, 11) is 0. The van der Waals surface area contributed by atoms with Crippen LogP contribution in [0.25, 0.3) is 0 Å². The van der Waals surface area contributed by atoms with Crippen LogP contribution in [0.4, 0.5) is 0 Å². The van der Waals surface area contributed by atoms with Gasteiger partial charge in [0.25, 0.3) is 0 Å². The highest BCUT2D eigenvalue weighted by atomic mass is 35.5. The molecule has 18 heavy (non-hydrogen) atoms. The van der Waals surface area contributed by atoms with Gasteiger partial charge in [-0.2, -0.15) is 0 Å². The van der Waals surface area contributed by atoms with Gasteiger partial charge in [0.2, 0.25) is 0 Å². The molecule has 0 atom stereocenters. The molecule has 0 aliphatic carbocycles. The monoisotopic (exact) mass is 267 g/mol. The van der Waals surface area contributed by atoms with Gasteiger partial charge in [0, 0.05) is 0 Å². The maximum absolute atomic E-state index is 10.6. The van der Waals surface area contributed by atoms with Crippen molar-refractivity contribution >= 4 is 17.6 Å². The van der Waals surface area contributed by atoms with E-state index >= 15 is 0 Å². The fourth-order valence-corrected chi connectivity index (χ4v) is 1.51. The average molecular weight is 268 g/mol. The first-order chi connectivity index (χ1) is 8.66. The molecule has 0 aliphatic heterocycles. The third-order valence-corrected chi connectivity index (χ3v) is 2.48. The Bertz CT molecular complexity index is 556. The molecule has 7 heteroatoms. The second-order valence-corrected chi connectivity index (χ2v) is 3.86. The minimum Gasteiger partial charge on any atom is -0.490 e. The van der Waals surface area contributed by atoms with Gasteiger partial charge in [-0.15, -0.1) is 5.10 Å². The van der Waals surface area contributed by atoms with Gasteiger partial charge in [0.15, 0.2) is 5.69 Å². The van der Waals surface area contributed by atoms with E-state index in [9.17, 15) is 4.79 Å². The number of carboxylic acid groups (broad SMARTS) is 1. The summed E-state index contributed by atoms with van der Waals surface area (Å²) >= 11 is 5.91. The normalized spacial score (nSPS) is 10.3. The summed E-state index contributed by atoms with van der Waals surface area (Å²) in [6, 6.07) is 7.12. The molecular weight excluding hydrogens is 258 g/mol. The molecule has 0 bridgehead atoms. The number of aromatic nitrogens is 3. The smallest absolute Gasteiger partial charge is 0.358 e. The predicted octanol–water partition coefficient (Wildman–Crippen LogP) is 1.71. The topological polar surface area (TPSA) is 77.2 Å². The van der Waals surface area contributed by atoms with Crippen LogP contribution in [0.3, 0.4) is 0 Å². The first-order valence-corrected chi connectivity index (χ1v) is 5.55. The quantitative estimate of drug-likeness (QED) is 0.892. The van der Waals surface area contributed by atoms with Gasteiger partial charge >= 0.3 is 5.97 Å². The van der Waals surface area contributed by atoms with E-state index in [-0.39, 0.29) is 5.69 Å². The number of ether oxygens (including phenoxy) is 1. The standard InChI is InChI=1S/C11H10ClN3O3/c12-8-3-1-2-4-10(8)18-6-5-15-7-9(11(16)17)13-14-15/h1-4,7H,5-6H2,(H,16,17). The number of rotatable bonds is 5. The number of para-hydroxylation sites is 1. The molecule has 0 fully saturated rings. The van der Waals surface area contributed by atoms with Crippen LogP contribution in [0.1, 0.15) is 10.5 Å². The van der Waals surface area contributed by atoms with Crippen molar-refractivity contribution in [3.63, 3.8) is 0 Å². The lowest BCUT2D eigenvalue weighted by molar-refractivity contribution is 0.0690. The van der Waals surface area contributed by atoms with E-state index in [1.54, 1.807) is 12.1 Å². The van der Waals surface area contributed by atoms with E-state index < -0.39 is 5.97 Å². The van der Waals surface area contributed by atoms with Crippen LogP contribution in [0.2, 0.25) is 5.02 Å². The maximum atomic E-state index is 10.6. The minimum absolute atomic E-state index is 0.0901. The van der Waals surface area contributed by atoms with Gasteiger partial charge in [-0.05, 0) is 12.1 Å². The molecule has 0 amide bonds. The number of benzene rings is 1. The highest BCUT2D eigenvalue weighted by Gasteiger charge is 2.08. The third kappa shape index (κ3) is 2.98. The maximum Gasteiger partial charge on any atom is 0.358 e. The highest BCUT2D eigenvalue weighted by molar-refractivity contribution is 6.32. The number of carboxylic acids is 1. The van der Waals surface area contributed by atoms with Gasteiger partial charge in [0.05, 0.1) is 17.8 Å². The molecule has 1 N–H and O–H groups in total. The largest absolute Gasteiger partial charge is 0.490 e.